The molecule has 1 N–H and O–H groups in total. The molecule has 3 aromatic carbocycles. The molecule has 1 amide bonds. The summed E-state index contributed by atoms with van der Waals surface area (Å²) < 4.78 is 16.0. The maximum Gasteiger partial charge on any atom is 0.338 e. The van der Waals surface area contributed by atoms with E-state index >= 15 is 0 Å². The molecule has 1 aliphatic rings. The molecule has 0 bridgehead atoms. The van der Waals surface area contributed by atoms with Crippen LogP contribution < -0.4 is 9.64 Å². The summed E-state index contributed by atoms with van der Waals surface area (Å²) in [6.45, 7) is 1.93. The third kappa shape index (κ3) is 4.39. The number of rotatable bonds is 7. The van der Waals surface area contributed by atoms with Crippen molar-refractivity contribution in [2.24, 2.45) is 0 Å². The summed E-state index contributed by atoms with van der Waals surface area (Å²) in [4.78, 5) is 40.6. The molecule has 0 spiro atoms. The highest BCUT2D eigenvalue weighted by Gasteiger charge is 2.45. The van der Waals surface area contributed by atoms with Crippen LogP contribution in [0.4, 0.5) is 5.69 Å². The van der Waals surface area contributed by atoms with E-state index in [2.05, 4.69) is 0 Å². The van der Waals surface area contributed by atoms with E-state index in [9.17, 15) is 19.5 Å². The number of benzene rings is 3. The van der Waals surface area contributed by atoms with E-state index in [0.717, 1.165) is 0 Å². The molecule has 0 radical (unpaired) electrons. The highest BCUT2D eigenvalue weighted by Crippen LogP contribution is 2.42. The molecule has 4 aromatic rings. The second kappa shape index (κ2) is 10.1. The largest absolute Gasteiger partial charge is 0.503 e. The van der Waals surface area contributed by atoms with Gasteiger partial charge in [-0.15, -0.1) is 0 Å². The average Bonchev–Trinajstić information content (AvgIpc) is 3.47. The summed E-state index contributed by atoms with van der Waals surface area (Å²) in [7, 11) is 1.53. The first kappa shape index (κ1) is 25.1. The number of methoxy groups -OCH3 is 1. The Morgan fingerprint density at radius 1 is 1.03 bits per heavy atom. The number of aliphatic hydroxyl groups excluding tert-OH is 1. The van der Waals surface area contributed by atoms with Gasteiger partial charge in [-0.1, -0.05) is 23.7 Å². The summed E-state index contributed by atoms with van der Waals surface area (Å²) in [5.41, 5.74) is 1.53. The Bertz CT molecular complexity index is 1590. The highest BCUT2D eigenvalue weighted by molar-refractivity contribution is 6.31. The van der Waals surface area contributed by atoms with Crippen molar-refractivity contribution in [3.63, 3.8) is 0 Å². The summed E-state index contributed by atoms with van der Waals surface area (Å²) >= 11 is 6.07. The number of hydrogen-bond acceptors (Lipinski definition) is 7. The van der Waals surface area contributed by atoms with Gasteiger partial charge in [0.2, 0.25) is 5.78 Å². The van der Waals surface area contributed by atoms with Crippen LogP contribution in [0.5, 0.6) is 5.75 Å². The number of amides is 1. The number of carbonyl (C=O) groups is 3. The predicted octanol–water partition coefficient (Wildman–Crippen LogP) is 6.05. The third-order valence-corrected chi connectivity index (χ3v) is 6.48. The standard InChI is InChI=1S/C29H22ClNO7/c1-3-37-29(35)17-4-9-20(10-5-17)31-25(16-6-11-21(36-2)12-7-16)24(27(33)28(31)34)26(32)23-15-18-14-19(30)8-13-22(18)38-23/h4-15,25,33H,3H2,1-2H3. The Morgan fingerprint density at radius 3 is 2.39 bits per heavy atom. The van der Waals surface area contributed by atoms with Crippen LogP contribution in [0.15, 0.2) is 88.5 Å². The van der Waals surface area contributed by atoms with Crippen molar-refractivity contribution in [1.29, 1.82) is 0 Å². The molecule has 9 heteroatoms. The van der Waals surface area contributed by atoms with Crippen LogP contribution >= 0.6 is 11.6 Å². The van der Waals surface area contributed by atoms with Gasteiger partial charge in [-0.25, -0.2) is 4.79 Å². The van der Waals surface area contributed by atoms with E-state index in [4.69, 9.17) is 25.5 Å². The van der Waals surface area contributed by atoms with E-state index in [-0.39, 0.29) is 17.9 Å². The lowest BCUT2D eigenvalue weighted by atomic mass is 9.94. The zero-order valence-corrected chi connectivity index (χ0v) is 21.2. The molecule has 192 valence electrons. The minimum absolute atomic E-state index is 0.0466. The van der Waals surface area contributed by atoms with Gasteiger partial charge in [0.05, 0.1) is 30.9 Å². The number of ether oxygens (including phenoxy) is 2. The molecule has 1 aliphatic heterocycles. The van der Waals surface area contributed by atoms with Crippen LogP contribution in [0.1, 0.15) is 39.4 Å². The molecule has 5 rings (SSSR count). The van der Waals surface area contributed by atoms with Crippen LogP contribution in [-0.4, -0.2) is 36.5 Å². The first-order valence-electron chi connectivity index (χ1n) is 11.7. The quantitative estimate of drug-likeness (QED) is 0.228. The number of Topliss-reactive ketones (excluding diaryl/α,β-unsaturated/α-hetero) is 1. The zero-order valence-electron chi connectivity index (χ0n) is 20.4. The molecule has 1 unspecified atom stereocenters. The number of carbonyl (C=O) groups excluding carboxylic acids is 3. The second-order valence-corrected chi connectivity index (χ2v) is 8.94. The lowest BCUT2D eigenvalue weighted by Crippen LogP contribution is -2.31. The molecule has 1 aromatic heterocycles. The van der Waals surface area contributed by atoms with Crippen LogP contribution in [0.3, 0.4) is 0 Å². The molecule has 0 saturated carbocycles. The van der Waals surface area contributed by atoms with Gasteiger partial charge in [0, 0.05) is 16.1 Å². The Labute approximate surface area is 222 Å². The van der Waals surface area contributed by atoms with E-state index < -0.39 is 29.5 Å². The summed E-state index contributed by atoms with van der Waals surface area (Å²) in [6.07, 6.45) is 0. The van der Waals surface area contributed by atoms with Gasteiger partial charge < -0.3 is 19.0 Å². The van der Waals surface area contributed by atoms with Gasteiger partial charge >= 0.3 is 5.97 Å². The Kier molecular flexibility index (Phi) is 6.65. The number of hydrogen-bond donors (Lipinski definition) is 1. The van der Waals surface area contributed by atoms with Crippen molar-refractivity contribution in [2.45, 2.75) is 13.0 Å². The number of nitrogens with zero attached hydrogens (tertiary/aromatic N) is 1. The molecule has 0 fully saturated rings. The number of ketones is 1. The van der Waals surface area contributed by atoms with E-state index in [1.54, 1.807) is 61.5 Å². The van der Waals surface area contributed by atoms with Gasteiger partial charge in [-0.2, -0.15) is 0 Å². The fourth-order valence-electron chi connectivity index (χ4n) is 4.44. The first-order valence-corrected chi connectivity index (χ1v) is 12.1. The van der Waals surface area contributed by atoms with Crippen LogP contribution in [0.2, 0.25) is 5.02 Å². The number of fused-ring (bicyclic) bond motifs is 1. The Hall–Kier alpha value is -4.56. The molecule has 38 heavy (non-hydrogen) atoms. The van der Waals surface area contributed by atoms with Crippen LogP contribution in [0, 0.1) is 0 Å². The van der Waals surface area contributed by atoms with Gasteiger partial charge in [0.1, 0.15) is 11.3 Å². The highest BCUT2D eigenvalue weighted by atomic mass is 35.5. The normalized spacial score (nSPS) is 15.3. The Balaban J connectivity index is 1.60. The van der Waals surface area contributed by atoms with Crippen molar-refractivity contribution in [1.82, 2.24) is 0 Å². The van der Waals surface area contributed by atoms with Crippen LogP contribution in [0.25, 0.3) is 11.0 Å². The maximum atomic E-state index is 13.7. The van der Waals surface area contributed by atoms with Crippen molar-refractivity contribution < 1.29 is 33.4 Å². The van der Waals surface area contributed by atoms with Crippen molar-refractivity contribution in [2.75, 3.05) is 18.6 Å². The van der Waals surface area contributed by atoms with Gasteiger partial charge in [-0.05, 0) is 73.2 Å². The zero-order chi connectivity index (χ0) is 27.0. The SMILES string of the molecule is CCOC(=O)c1ccc(N2C(=O)C(O)=C(C(=O)c3cc4cc(Cl)ccc4o3)C2c2ccc(OC)cc2)cc1. The topological polar surface area (TPSA) is 106 Å². The monoisotopic (exact) mass is 531 g/mol. The number of aliphatic hydroxyl groups is 1. The van der Waals surface area contributed by atoms with Crippen molar-refractivity contribution in [3.05, 3.63) is 106 Å². The number of halogens is 1. The van der Waals surface area contributed by atoms with E-state index in [1.165, 1.54) is 30.2 Å². The average molecular weight is 532 g/mol. The summed E-state index contributed by atoms with van der Waals surface area (Å²) in [6, 6.07) is 18.4. The fourth-order valence-corrected chi connectivity index (χ4v) is 4.62. The second-order valence-electron chi connectivity index (χ2n) is 8.50. The molecule has 1 atom stereocenters. The van der Waals surface area contributed by atoms with Crippen molar-refractivity contribution >= 4 is 45.9 Å². The third-order valence-electron chi connectivity index (χ3n) is 6.24. The van der Waals surface area contributed by atoms with Gasteiger partial charge in [-0.3, -0.25) is 14.5 Å². The van der Waals surface area contributed by atoms with Crippen molar-refractivity contribution in [3.8, 4) is 5.75 Å². The molecule has 2 heterocycles. The lowest BCUT2D eigenvalue weighted by Gasteiger charge is -2.27. The molecule has 0 aliphatic carbocycles. The molecule has 8 nitrogen and oxygen atoms in total. The molecular formula is C29H22ClNO7. The number of anilines is 1. The maximum absolute atomic E-state index is 13.7. The molecule has 0 saturated heterocycles. The number of furan rings is 1. The van der Waals surface area contributed by atoms with Crippen LogP contribution in [-0.2, 0) is 9.53 Å². The minimum Gasteiger partial charge on any atom is -0.503 e. The van der Waals surface area contributed by atoms with Gasteiger partial charge in [0.15, 0.2) is 11.5 Å². The summed E-state index contributed by atoms with van der Waals surface area (Å²) in [5.74, 6) is -2.07. The fraction of sp³-hybridized carbons (Fsp3) is 0.138. The first-order chi connectivity index (χ1) is 18.3. The van der Waals surface area contributed by atoms with Gasteiger partial charge in [0.25, 0.3) is 5.91 Å². The number of esters is 1. The van der Waals surface area contributed by atoms with E-state index in [0.29, 0.717) is 38.6 Å². The summed E-state index contributed by atoms with van der Waals surface area (Å²) in [5, 5.41) is 12.1. The van der Waals surface area contributed by atoms with E-state index in [1.807, 2.05) is 0 Å². The Morgan fingerprint density at radius 2 is 1.74 bits per heavy atom. The predicted molar refractivity (Wildman–Crippen MR) is 141 cm³/mol. The lowest BCUT2D eigenvalue weighted by molar-refractivity contribution is -0.117. The molecular weight excluding hydrogens is 510 g/mol. The minimum atomic E-state index is -0.980. The smallest absolute Gasteiger partial charge is 0.338 e.